The maximum atomic E-state index is 11.5. The first-order valence-corrected chi connectivity index (χ1v) is 5.72. The van der Waals surface area contributed by atoms with E-state index in [1.807, 2.05) is 6.92 Å². The van der Waals surface area contributed by atoms with Gasteiger partial charge in [-0.3, -0.25) is 4.79 Å². The van der Waals surface area contributed by atoms with E-state index in [4.69, 9.17) is 21.1 Å². The van der Waals surface area contributed by atoms with Crippen molar-refractivity contribution in [3.05, 3.63) is 0 Å². The minimum absolute atomic E-state index is 0.176. The number of halogens is 1. The fourth-order valence-corrected chi connectivity index (χ4v) is 2.09. The van der Waals surface area contributed by atoms with Crippen molar-refractivity contribution < 1.29 is 19.1 Å². The highest BCUT2D eigenvalue weighted by Gasteiger charge is 2.36. The van der Waals surface area contributed by atoms with Gasteiger partial charge in [0, 0.05) is 12.6 Å². The smallest absolute Gasteiger partial charge is 0.411 e. The number of carbonyl (C=O) groups is 2. The number of rotatable bonds is 2. The van der Waals surface area contributed by atoms with Crippen molar-refractivity contribution in [1.29, 1.82) is 0 Å². The van der Waals surface area contributed by atoms with E-state index in [2.05, 4.69) is 0 Å². The molecule has 2 atom stereocenters. The quantitative estimate of drug-likeness (QED) is 0.551. The topological polar surface area (TPSA) is 55.8 Å². The summed E-state index contributed by atoms with van der Waals surface area (Å²) in [7, 11) is 1.35. The van der Waals surface area contributed by atoms with Crippen LogP contribution in [0.1, 0.15) is 19.8 Å². The maximum absolute atomic E-state index is 11.5. The number of amides is 1. The van der Waals surface area contributed by atoms with Crippen LogP contribution in [-0.4, -0.2) is 42.7 Å². The summed E-state index contributed by atoms with van der Waals surface area (Å²) in [5.41, 5.74) is 0. The number of esters is 1. The molecule has 0 bridgehead atoms. The molecule has 0 aromatic carbocycles. The lowest BCUT2D eigenvalue weighted by atomic mass is 9.90. The first-order valence-electron chi connectivity index (χ1n) is 5.19. The van der Waals surface area contributed by atoms with Gasteiger partial charge in [-0.05, 0) is 19.8 Å². The predicted molar refractivity (Wildman–Crippen MR) is 58.1 cm³/mol. The van der Waals surface area contributed by atoms with Gasteiger partial charge in [-0.25, -0.2) is 4.79 Å². The number of hydrogen-bond donors (Lipinski definition) is 0. The third-order valence-electron chi connectivity index (χ3n) is 2.90. The van der Waals surface area contributed by atoms with Crippen LogP contribution in [0.2, 0.25) is 0 Å². The Morgan fingerprint density at radius 3 is 2.75 bits per heavy atom. The van der Waals surface area contributed by atoms with Gasteiger partial charge in [0.25, 0.3) is 0 Å². The zero-order valence-corrected chi connectivity index (χ0v) is 10.2. The molecule has 1 saturated heterocycles. The molecule has 92 valence electrons. The minimum atomic E-state index is -0.476. The van der Waals surface area contributed by atoms with Gasteiger partial charge in [0.2, 0.25) is 0 Å². The minimum Gasteiger partial charge on any atom is -0.469 e. The van der Waals surface area contributed by atoms with Gasteiger partial charge in [0.15, 0.2) is 6.07 Å². The van der Waals surface area contributed by atoms with Crippen molar-refractivity contribution in [3.63, 3.8) is 0 Å². The maximum Gasteiger partial charge on any atom is 0.411 e. The van der Waals surface area contributed by atoms with E-state index < -0.39 is 6.09 Å². The van der Waals surface area contributed by atoms with Gasteiger partial charge in [-0.15, -0.1) is 0 Å². The number of carbonyl (C=O) groups excluding carboxylic acids is 2. The molecule has 0 aliphatic carbocycles. The Kier molecular flexibility index (Phi) is 4.86. The summed E-state index contributed by atoms with van der Waals surface area (Å²) in [5.74, 6) is -0.558. The van der Waals surface area contributed by atoms with Crippen molar-refractivity contribution in [3.8, 4) is 0 Å². The van der Waals surface area contributed by atoms with Crippen LogP contribution < -0.4 is 0 Å². The molecule has 1 amide bonds. The fourth-order valence-electron chi connectivity index (χ4n) is 2.00. The van der Waals surface area contributed by atoms with Crippen molar-refractivity contribution in [2.24, 2.45) is 5.92 Å². The Balaban J connectivity index is 2.67. The van der Waals surface area contributed by atoms with Crippen LogP contribution in [-0.2, 0) is 14.3 Å². The summed E-state index contributed by atoms with van der Waals surface area (Å²) in [6.45, 7) is 2.40. The molecule has 0 aromatic heterocycles. The van der Waals surface area contributed by atoms with Crippen LogP contribution in [0.5, 0.6) is 0 Å². The van der Waals surface area contributed by atoms with Crippen molar-refractivity contribution >= 4 is 23.7 Å². The number of piperidine rings is 1. The van der Waals surface area contributed by atoms with Crippen LogP contribution >= 0.6 is 11.6 Å². The molecule has 16 heavy (non-hydrogen) atoms. The molecular weight excluding hydrogens is 234 g/mol. The van der Waals surface area contributed by atoms with Crippen LogP contribution in [0.15, 0.2) is 0 Å². The molecular formula is C10H16ClNO4. The van der Waals surface area contributed by atoms with Gasteiger partial charge in [0.1, 0.15) is 0 Å². The van der Waals surface area contributed by atoms with E-state index >= 15 is 0 Å². The summed E-state index contributed by atoms with van der Waals surface area (Å²) >= 11 is 5.33. The molecule has 1 rings (SSSR count). The largest absolute Gasteiger partial charge is 0.469 e. The van der Waals surface area contributed by atoms with E-state index in [9.17, 15) is 9.59 Å². The molecule has 0 spiro atoms. The Bertz CT molecular complexity index is 272. The molecule has 0 saturated carbocycles. The predicted octanol–water partition coefficient (Wildman–Crippen LogP) is 1.59. The highest BCUT2D eigenvalue weighted by molar-refractivity contribution is 6.17. The first kappa shape index (κ1) is 13.1. The Morgan fingerprint density at radius 1 is 1.50 bits per heavy atom. The second kappa shape index (κ2) is 5.94. The van der Waals surface area contributed by atoms with E-state index in [-0.39, 0.29) is 24.0 Å². The van der Waals surface area contributed by atoms with Crippen molar-refractivity contribution in [1.82, 2.24) is 4.90 Å². The monoisotopic (exact) mass is 249 g/mol. The molecule has 1 aliphatic rings. The van der Waals surface area contributed by atoms with E-state index in [1.54, 1.807) is 0 Å². The Morgan fingerprint density at radius 2 is 2.19 bits per heavy atom. The van der Waals surface area contributed by atoms with Crippen LogP contribution in [0.4, 0.5) is 4.79 Å². The molecule has 1 heterocycles. The SMILES string of the molecule is COC(=O)C1CCCN(C(=O)OCCl)C1C. The summed E-state index contributed by atoms with van der Waals surface area (Å²) in [5, 5.41) is 0. The van der Waals surface area contributed by atoms with Gasteiger partial charge in [0.05, 0.1) is 13.0 Å². The molecule has 0 N–H and O–H groups in total. The van der Waals surface area contributed by atoms with E-state index in [0.29, 0.717) is 6.54 Å². The highest BCUT2D eigenvalue weighted by Crippen LogP contribution is 2.25. The van der Waals surface area contributed by atoms with Crippen LogP contribution in [0.3, 0.4) is 0 Å². The highest BCUT2D eigenvalue weighted by atomic mass is 35.5. The number of nitrogens with zero attached hydrogens (tertiary/aromatic N) is 1. The summed E-state index contributed by atoms with van der Waals surface area (Å²) in [6.07, 6.45) is 1.02. The molecule has 5 nitrogen and oxygen atoms in total. The number of likely N-dealkylation sites (tertiary alicyclic amines) is 1. The first-order chi connectivity index (χ1) is 7.61. The standard InChI is InChI=1S/C10H16ClNO4/c1-7-8(9(13)15-2)4-3-5-12(7)10(14)16-6-11/h7-8H,3-6H2,1-2H3. The van der Waals surface area contributed by atoms with E-state index in [1.165, 1.54) is 12.0 Å². The summed E-state index contributed by atoms with van der Waals surface area (Å²) in [6, 6.07) is -0.387. The molecule has 0 aromatic rings. The third kappa shape index (κ3) is 2.78. The normalized spacial score (nSPS) is 25.1. The molecule has 1 fully saturated rings. The molecule has 6 heteroatoms. The number of ether oxygens (including phenoxy) is 2. The van der Waals surface area contributed by atoms with Gasteiger partial charge in [-0.1, -0.05) is 11.6 Å². The molecule has 1 aliphatic heterocycles. The average Bonchev–Trinajstić information content (AvgIpc) is 2.28. The Labute approximate surface area is 99.6 Å². The lowest BCUT2D eigenvalue weighted by molar-refractivity contribution is -0.148. The van der Waals surface area contributed by atoms with Crippen molar-refractivity contribution in [2.75, 3.05) is 19.7 Å². The van der Waals surface area contributed by atoms with Crippen molar-refractivity contribution in [2.45, 2.75) is 25.8 Å². The van der Waals surface area contributed by atoms with Gasteiger partial charge < -0.3 is 14.4 Å². The van der Waals surface area contributed by atoms with Gasteiger partial charge >= 0.3 is 12.1 Å². The average molecular weight is 250 g/mol. The summed E-state index contributed by atoms with van der Waals surface area (Å²) in [4.78, 5) is 24.5. The third-order valence-corrected chi connectivity index (χ3v) is 3.01. The second-order valence-corrected chi connectivity index (χ2v) is 3.94. The Hall–Kier alpha value is -0.970. The second-order valence-electron chi connectivity index (χ2n) is 3.73. The van der Waals surface area contributed by atoms with Crippen LogP contribution in [0, 0.1) is 5.92 Å². The summed E-state index contributed by atoms with van der Waals surface area (Å²) < 4.78 is 9.42. The number of hydrogen-bond acceptors (Lipinski definition) is 4. The molecule has 2 unspecified atom stereocenters. The fraction of sp³-hybridized carbons (Fsp3) is 0.800. The lowest BCUT2D eigenvalue weighted by Crippen LogP contribution is -2.49. The van der Waals surface area contributed by atoms with Crippen LogP contribution in [0.25, 0.3) is 0 Å². The van der Waals surface area contributed by atoms with Gasteiger partial charge in [-0.2, -0.15) is 0 Å². The molecule has 0 radical (unpaired) electrons. The lowest BCUT2D eigenvalue weighted by Gasteiger charge is -2.36. The number of methoxy groups -OCH3 is 1. The van der Waals surface area contributed by atoms with E-state index in [0.717, 1.165) is 12.8 Å². The zero-order valence-electron chi connectivity index (χ0n) is 9.44. The number of alkyl halides is 1. The zero-order chi connectivity index (χ0) is 12.1.